The molecule has 0 aliphatic carbocycles. The lowest BCUT2D eigenvalue weighted by atomic mass is 10.3. The first-order valence-corrected chi connectivity index (χ1v) is 7.62. The highest BCUT2D eigenvalue weighted by molar-refractivity contribution is 8.13. The SMILES string of the molecule is COCCCOc1c(F)cc([N+](=O)[O-])cc1S(=O)(=O)Cl. The van der Waals surface area contributed by atoms with Crippen LogP contribution in [0, 0.1) is 15.9 Å². The molecule has 0 aliphatic rings. The van der Waals surface area contributed by atoms with Gasteiger partial charge in [-0.3, -0.25) is 10.1 Å². The smallest absolute Gasteiger partial charge is 0.273 e. The van der Waals surface area contributed by atoms with Gasteiger partial charge >= 0.3 is 0 Å². The second-order valence-corrected chi connectivity index (χ2v) is 6.18. The van der Waals surface area contributed by atoms with Crippen molar-refractivity contribution in [3.05, 3.63) is 28.1 Å². The Balaban J connectivity index is 3.18. The molecule has 1 aromatic carbocycles. The molecule has 0 unspecified atom stereocenters. The van der Waals surface area contributed by atoms with Gasteiger partial charge in [-0.15, -0.1) is 0 Å². The van der Waals surface area contributed by atoms with Crippen molar-refractivity contribution in [1.82, 2.24) is 0 Å². The van der Waals surface area contributed by atoms with Crippen molar-refractivity contribution in [3.63, 3.8) is 0 Å². The first-order chi connectivity index (χ1) is 9.27. The summed E-state index contributed by atoms with van der Waals surface area (Å²) in [4.78, 5) is 8.88. The molecule has 10 heteroatoms. The molecule has 1 rings (SSSR count). The van der Waals surface area contributed by atoms with Gasteiger partial charge in [-0.2, -0.15) is 0 Å². The number of ether oxygens (including phenoxy) is 2. The summed E-state index contributed by atoms with van der Waals surface area (Å²) in [7, 11) is 2.21. The highest BCUT2D eigenvalue weighted by Gasteiger charge is 2.25. The van der Waals surface area contributed by atoms with E-state index in [1.54, 1.807) is 0 Å². The lowest BCUT2D eigenvalue weighted by Gasteiger charge is -2.10. The highest BCUT2D eigenvalue weighted by Crippen LogP contribution is 2.33. The summed E-state index contributed by atoms with van der Waals surface area (Å²) in [6, 6.07) is 1.22. The third-order valence-corrected chi connectivity index (χ3v) is 3.53. The molecule has 7 nitrogen and oxygen atoms in total. The van der Waals surface area contributed by atoms with E-state index in [-0.39, 0.29) is 6.61 Å². The van der Waals surface area contributed by atoms with Gasteiger partial charge in [0.15, 0.2) is 11.6 Å². The van der Waals surface area contributed by atoms with Crippen LogP contribution in [0.5, 0.6) is 5.75 Å². The van der Waals surface area contributed by atoms with Gasteiger partial charge in [0, 0.05) is 36.9 Å². The van der Waals surface area contributed by atoms with Crippen molar-refractivity contribution in [2.75, 3.05) is 20.3 Å². The van der Waals surface area contributed by atoms with Crippen LogP contribution >= 0.6 is 10.7 Å². The Kier molecular flexibility index (Phi) is 5.66. The number of non-ortho nitro benzene ring substituents is 1. The first kappa shape index (κ1) is 16.6. The summed E-state index contributed by atoms with van der Waals surface area (Å²) in [5.41, 5.74) is -0.731. The van der Waals surface area contributed by atoms with E-state index < -0.39 is 36.1 Å². The van der Waals surface area contributed by atoms with Crippen LogP contribution in [0.1, 0.15) is 6.42 Å². The zero-order valence-corrected chi connectivity index (χ0v) is 11.9. The first-order valence-electron chi connectivity index (χ1n) is 5.31. The van der Waals surface area contributed by atoms with E-state index in [1.165, 1.54) is 7.11 Å². The molecule has 0 fully saturated rings. The molecule has 0 saturated carbocycles. The molecule has 20 heavy (non-hydrogen) atoms. The number of halogens is 2. The number of hydrogen-bond acceptors (Lipinski definition) is 6. The molecule has 0 radical (unpaired) electrons. The minimum Gasteiger partial charge on any atom is -0.489 e. The zero-order chi connectivity index (χ0) is 15.3. The van der Waals surface area contributed by atoms with Crippen molar-refractivity contribution in [2.45, 2.75) is 11.3 Å². The van der Waals surface area contributed by atoms with Crippen LogP contribution in [0.2, 0.25) is 0 Å². The fourth-order valence-corrected chi connectivity index (χ4v) is 2.34. The van der Waals surface area contributed by atoms with Gasteiger partial charge in [0.2, 0.25) is 0 Å². The fourth-order valence-electron chi connectivity index (χ4n) is 1.36. The second kappa shape index (κ2) is 6.82. The Morgan fingerprint density at radius 1 is 1.40 bits per heavy atom. The summed E-state index contributed by atoms with van der Waals surface area (Å²) in [5.74, 6) is -1.81. The molecule has 0 atom stereocenters. The molecule has 0 aromatic heterocycles. The Bertz CT molecular complexity index is 606. The van der Waals surface area contributed by atoms with Crippen LogP contribution in [0.4, 0.5) is 10.1 Å². The molecule has 112 valence electrons. The van der Waals surface area contributed by atoms with Crippen LogP contribution in [0.25, 0.3) is 0 Å². The van der Waals surface area contributed by atoms with Crippen LogP contribution < -0.4 is 4.74 Å². The maximum Gasteiger partial charge on any atom is 0.273 e. The van der Waals surface area contributed by atoms with Crippen LogP contribution in [0.3, 0.4) is 0 Å². The molecule has 0 amide bonds. The fraction of sp³-hybridized carbons (Fsp3) is 0.400. The third kappa shape index (κ3) is 4.29. The Morgan fingerprint density at radius 2 is 2.05 bits per heavy atom. The Morgan fingerprint density at radius 3 is 2.55 bits per heavy atom. The monoisotopic (exact) mass is 327 g/mol. The van der Waals surface area contributed by atoms with Gasteiger partial charge in [0.25, 0.3) is 14.7 Å². The Hall–Kier alpha value is -1.45. The molecular weight excluding hydrogens is 317 g/mol. The molecule has 0 saturated heterocycles. The van der Waals surface area contributed by atoms with E-state index in [0.717, 1.165) is 0 Å². The van der Waals surface area contributed by atoms with Crippen LogP contribution in [-0.4, -0.2) is 33.7 Å². The predicted octanol–water partition coefficient (Wildman–Crippen LogP) is 2.08. The van der Waals surface area contributed by atoms with Crippen LogP contribution in [-0.2, 0) is 13.8 Å². The zero-order valence-electron chi connectivity index (χ0n) is 10.3. The average molecular weight is 328 g/mol. The van der Waals surface area contributed by atoms with Crippen molar-refractivity contribution < 1.29 is 27.2 Å². The van der Waals surface area contributed by atoms with Gasteiger partial charge in [-0.05, 0) is 0 Å². The van der Waals surface area contributed by atoms with Crippen molar-refractivity contribution in [3.8, 4) is 5.75 Å². The molecule has 0 bridgehead atoms. The highest BCUT2D eigenvalue weighted by atomic mass is 35.7. The van der Waals surface area contributed by atoms with Gasteiger partial charge in [-0.25, -0.2) is 12.8 Å². The summed E-state index contributed by atoms with van der Waals surface area (Å²) in [6.07, 6.45) is 0.384. The molecule has 0 N–H and O–H groups in total. The normalized spacial score (nSPS) is 11.3. The Labute approximate surface area is 118 Å². The minimum atomic E-state index is -4.38. The number of nitro benzene ring substituents is 1. The lowest BCUT2D eigenvalue weighted by Crippen LogP contribution is -2.07. The number of methoxy groups -OCH3 is 1. The van der Waals surface area contributed by atoms with Crippen molar-refractivity contribution in [1.29, 1.82) is 0 Å². The molecule has 1 aromatic rings. The van der Waals surface area contributed by atoms with Gasteiger partial charge < -0.3 is 9.47 Å². The van der Waals surface area contributed by atoms with Crippen molar-refractivity contribution >= 4 is 25.4 Å². The summed E-state index contributed by atoms with van der Waals surface area (Å²) >= 11 is 0. The maximum absolute atomic E-state index is 13.7. The maximum atomic E-state index is 13.7. The molecule has 0 spiro atoms. The predicted molar refractivity (Wildman–Crippen MR) is 68.1 cm³/mol. The molecular formula is C10H11ClFNO6S. The summed E-state index contributed by atoms with van der Waals surface area (Å²) in [6.45, 7) is 0.305. The van der Waals surface area contributed by atoms with Crippen LogP contribution in [0.15, 0.2) is 17.0 Å². The van der Waals surface area contributed by atoms with E-state index in [2.05, 4.69) is 0 Å². The average Bonchev–Trinajstić information content (AvgIpc) is 2.34. The quantitative estimate of drug-likeness (QED) is 0.329. The van der Waals surface area contributed by atoms with Gasteiger partial charge in [-0.1, -0.05) is 0 Å². The summed E-state index contributed by atoms with van der Waals surface area (Å²) in [5, 5.41) is 10.6. The van der Waals surface area contributed by atoms with E-state index in [1.807, 2.05) is 0 Å². The van der Waals surface area contributed by atoms with Gasteiger partial charge in [0.1, 0.15) is 4.90 Å². The topological polar surface area (TPSA) is 95.7 Å². The summed E-state index contributed by atoms with van der Waals surface area (Å²) < 4.78 is 46.1. The largest absolute Gasteiger partial charge is 0.489 e. The number of rotatable bonds is 7. The van der Waals surface area contributed by atoms with Gasteiger partial charge in [0.05, 0.1) is 17.6 Å². The van der Waals surface area contributed by atoms with E-state index in [4.69, 9.17) is 20.2 Å². The number of hydrogen-bond donors (Lipinski definition) is 0. The number of nitrogens with zero attached hydrogens (tertiary/aromatic N) is 1. The molecule has 0 aliphatic heterocycles. The van der Waals surface area contributed by atoms with E-state index >= 15 is 0 Å². The standard InChI is InChI=1S/C10H11ClFNO6S/c1-18-3-2-4-19-10-8(12)5-7(13(14)15)6-9(10)20(11,16)17/h5-6H,2-4H2,1H3. The van der Waals surface area contributed by atoms with E-state index in [0.29, 0.717) is 25.2 Å². The third-order valence-electron chi connectivity index (χ3n) is 2.21. The van der Waals surface area contributed by atoms with Crippen molar-refractivity contribution in [2.24, 2.45) is 0 Å². The molecule has 0 heterocycles. The van der Waals surface area contributed by atoms with E-state index in [9.17, 15) is 22.9 Å². The second-order valence-electron chi connectivity index (χ2n) is 3.64. The minimum absolute atomic E-state index is 0.0258. The lowest BCUT2D eigenvalue weighted by molar-refractivity contribution is -0.385. The number of benzene rings is 1. The number of nitro groups is 1.